The molecule has 1 aromatic carbocycles. The summed E-state index contributed by atoms with van der Waals surface area (Å²) >= 11 is 0. The number of rotatable bonds is 2. The van der Waals surface area contributed by atoms with E-state index in [2.05, 4.69) is 11.1 Å². The highest BCUT2D eigenvalue weighted by molar-refractivity contribution is 5.76. The second-order valence-electron chi connectivity index (χ2n) is 3.19. The van der Waals surface area contributed by atoms with Crippen molar-refractivity contribution in [2.75, 3.05) is 0 Å². The maximum absolute atomic E-state index is 9.32. The fraction of sp³-hybridized carbons (Fsp3) is 0.0833. The van der Waals surface area contributed by atoms with Crippen LogP contribution < -0.4 is 4.57 Å². The van der Waals surface area contributed by atoms with E-state index in [0.29, 0.717) is 5.75 Å². The lowest BCUT2D eigenvalue weighted by molar-refractivity contribution is -0.660. The smallest absolute Gasteiger partial charge is 0.213 e. The molecule has 0 unspecified atom stereocenters. The number of aromatic nitrogens is 1. The summed E-state index contributed by atoms with van der Waals surface area (Å²) in [6, 6.07) is 9.31. The number of phenols is 1. The Labute approximate surface area is 82.7 Å². The summed E-state index contributed by atoms with van der Waals surface area (Å²) in [5.41, 5.74) is 1.10. The molecule has 0 radical (unpaired) electrons. The van der Waals surface area contributed by atoms with Crippen LogP contribution in [0.15, 0.2) is 49.2 Å². The van der Waals surface area contributed by atoms with Crippen molar-refractivity contribution in [3.8, 4) is 5.75 Å². The molecule has 0 fully saturated rings. The van der Waals surface area contributed by atoms with Gasteiger partial charge in [-0.1, -0.05) is 6.58 Å². The van der Waals surface area contributed by atoms with E-state index in [1.807, 2.05) is 30.5 Å². The molecular weight excluding hydrogens is 174 g/mol. The van der Waals surface area contributed by atoms with Gasteiger partial charge in [-0.25, -0.2) is 0 Å². The predicted octanol–water partition coefficient (Wildman–Crippen LogP) is 2.02. The Hall–Kier alpha value is -1.83. The predicted molar refractivity (Wildman–Crippen MR) is 56.0 cm³/mol. The van der Waals surface area contributed by atoms with Crippen LogP contribution >= 0.6 is 0 Å². The van der Waals surface area contributed by atoms with Crippen LogP contribution in [0.5, 0.6) is 5.75 Å². The molecule has 70 valence electrons. The average Bonchev–Trinajstić information content (AvgIpc) is 2.18. The average molecular weight is 186 g/mol. The number of nitrogens with zero attached hydrogens (tertiary/aromatic N) is 1. The first-order chi connectivity index (χ1) is 6.81. The molecule has 1 aromatic heterocycles. The number of hydrogen-bond donors (Lipinski definition) is 1. The summed E-state index contributed by atoms with van der Waals surface area (Å²) in [5, 5.41) is 10.4. The lowest BCUT2D eigenvalue weighted by atomic mass is 10.2. The first-order valence-electron chi connectivity index (χ1n) is 4.53. The minimum atomic E-state index is 0.300. The number of benzene rings is 1. The van der Waals surface area contributed by atoms with Gasteiger partial charge in [0.05, 0.1) is 5.39 Å². The summed E-state index contributed by atoms with van der Waals surface area (Å²) < 4.78 is 2.09. The largest absolute Gasteiger partial charge is 0.508 e. The quantitative estimate of drug-likeness (QED) is 0.563. The van der Waals surface area contributed by atoms with Crippen molar-refractivity contribution in [3.63, 3.8) is 0 Å². The van der Waals surface area contributed by atoms with E-state index in [4.69, 9.17) is 0 Å². The Kier molecular flexibility index (Phi) is 2.19. The Morgan fingerprint density at radius 2 is 2.21 bits per heavy atom. The summed E-state index contributed by atoms with van der Waals surface area (Å²) in [7, 11) is 0. The normalized spacial score (nSPS) is 10.3. The van der Waals surface area contributed by atoms with Crippen molar-refractivity contribution in [2.45, 2.75) is 6.54 Å². The van der Waals surface area contributed by atoms with E-state index in [-0.39, 0.29) is 0 Å². The van der Waals surface area contributed by atoms with E-state index in [1.165, 1.54) is 0 Å². The van der Waals surface area contributed by atoms with E-state index in [1.54, 1.807) is 12.1 Å². The molecule has 0 spiro atoms. The summed E-state index contributed by atoms with van der Waals surface area (Å²) in [5.74, 6) is 0.300. The molecule has 0 saturated heterocycles. The SMILES string of the molecule is C=CC[n+]1cccc2cc(O)ccc21. The molecule has 1 N–H and O–H groups in total. The maximum Gasteiger partial charge on any atom is 0.213 e. The van der Waals surface area contributed by atoms with Gasteiger partial charge in [-0.15, -0.1) is 0 Å². The third kappa shape index (κ3) is 1.46. The van der Waals surface area contributed by atoms with Crippen LogP contribution in [0.2, 0.25) is 0 Å². The lowest BCUT2D eigenvalue weighted by Crippen LogP contribution is -2.32. The van der Waals surface area contributed by atoms with Crippen molar-refractivity contribution < 1.29 is 9.67 Å². The highest BCUT2D eigenvalue weighted by atomic mass is 16.3. The molecule has 0 aliphatic heterocycles. The van der Waals surface area contributed by atoms with Crippen molar-refractivity contribution in [1.29, 1.82) is 0 Å². The fourth-order valence-electron chi connectivity index (χ4n) is 1.57. The van der Waals surface area contributed by atoms with Crippen molar-refractivity contribution in [3.05, 3.63) is 49.2 Å². The van der Waals surface area contributed by atoms with Gasteiger partial charge >= 0.3 is 0 Å². The third-order valence-corrected chi connectivity index (χ3v) is 2.19. The van der Waals surface area contributed by atoms with Gasteiger partial charge in [0, 0.05) is 12.1 Å². The standard InChI is InChI=1S/C12H11NO/c1-2-7-13-8-3-4-10-9-11(14)5-6-12(10)13/h2-6,8-9H,1,7H2/p+1. The molecule has 1 heterocycles. The number of fused-ring (bicyclic) bond motifs is 1. The minimum Gasteiger partial charge on any atom is -0.508 e. The lowest BCUT2D eigenvalue weighted by Gasteiger charge is -1.98. The van der Waals surface area contributed by atoms with E-state index in [0.717, 1.165) is 17.4 Å². The van der Waals surface area contributed by atoms with Gasteiger partial charge in [0.15, 0.2) is 12.7 Å². The second kappa shape index (κ2) is 3.50. The van der Waals surface area contributed by atoms with Crippen LogP contribution in [-0.2, 0) is 6.54 Å². The van der Waals surface area contributed by atoms with Crippen LogP contribution in [0.4, 0.5) is 0 Å². The molecule has 0 bridgehead atoms. The zero-order valence-corrected chi connectivity index (χ0v) is 7.85. The molecule has 0 aliphatic carbocycles. The minimum absolute atomic E-state index is 0.300. The van der Waals surface area contributed by atoms with Crippen molar-refractivity contribution >= 4 is 10.9 Å². The van der Waals surface area contributed by atoms with E-state index < -0.39 is 0 Å². The Morgan fingerprint density at radius 1 is 1.36 bits per heavy atom. The van der Waals surface area contributed by atoms with Gasteiger partial charge in [-0.05, 0) is 24.3 Å². The Bertz CT molecular complexity index is 477. The first kappa shape index (κ1) is 8.75. The topological polar surface area (TPSA) is 24.1 Å². The van der Waals surface area contributed by atoms with Crippen LogP contribution in [0.1, 0.15) is 0 Å². The maximum atomic E-state index is 9.32. The number of hydrogen-bond acceptors (Lipinski definition) is 1. The molecule has 2 nitrogen and oxygen atoms in total. The van der Waals surface area contributed by atoms with Crippen LogP contribution in [-0.4, -0.2) is 5.11 Å². The third-order valence-electron chi connectivity index (χ3n) is 2.19. The summed E-state index contributed by atoms with van der Waals surface area (Å²) in [6.07, 6.45) is 3.85. The Morgan fingerprint density at radius 3 is 3.00 bits per heavy atom. The molecule has 2 heteroatoms. The zero-order chi connectivity index (χ0) is 9.97. The van der Waals surface area contributed by atoms with Crippen molar-refractivity contribution in [2.24, 2.45) is 0 Å². The van der Waals surface area contributed by atoms with Gasteiger partial charge in [0.25, 0.3) is 0 Å². The van der Waals surface area contributed by atoms with E-state index >= 15 is 0 Å². The van der Waals surface area contributed by atoms with Crippen LogP contribution in [0.3, 0.4) is 0 Å². The molecule has 14 heavy (non-hydrogen) atoms. The molecule has 2 rings (SSSR count). The molecule has 2 aromatic rings. The number of aromatic hydroxyl groups is 1. The highest BCUT2D eigenvalue weighted by Crippen LogP contribution is 2.16. The fourth-order valence-corrected chi connectivity index (χ4v) is 1.57. The van der Waals surface area contributed by atoms with Crippen molar-refractivity contribution in [1.82, 2.24) is 0 Å². The number of pyridine rings is 1. The second-order valence-corrected chi connectivity index (χ2v) is 3.19. The molecular formula is C12H12NO+. The molecule has 0 saturated carbocycles. The first-order valence-corrected chi connectivity index (χ1v) is 4.53. The van der Waals surface area contributed by atoms with Crippen LogP contribution in [0, 0.1) is 0 Å². The van der Waals surface area contributed by atoms with Gasteiger partial charge < -0.3 is 5.11 Å². The van der Waals surface area contributed by atoms with E-state index in [9.17, 15) is 5.11 Å². The van der Waals surface area contributed by atoms with Crippen LogP contribution in [0.25, 0.3) is 10.9 Å². The summed E-state index contributed by atoms with van der Waals surface area (Å²) in [4.78, 5) is 0. The Balaban J connectivity index is 2.68. The van der Waals surface area contributed by atoms with Gasteiger partial charge in [0.2, 0.25) is 5.52 Å². The molecule has 0 atom stereocenters. The zero-order valence-electron chi connectivity index (χ0n) is 7.85. The molecule has 0 amide bonds. The van der Waals surface area contributed by atoms with Gasteiger partial charge in [0.1, 0.15) is 5.75 Å². The molecule has 0 aliphatic rings. The monoisotopic (exact) mass is 186 g/mol. The van der Waals surface area contributed by atoms with Gasteiger partial charge in [-0.3, -0.25) is 0 Å². The van der Waals surface area contributed by atoms with Gasteiger partial charge in [-0.2, -0.15) is 4.57 Å². The number of phenolic OH excluding ortho intramolecular Hbond substituents is 1. The summed E-state index contributed by atoms with van der Waals surface area (Å²) in [6.45, 7) is 4.49. The number of allylic oxidation sites excluding steroid dienone is 1. The highest BCUT2D eigenvalue weighted by Gasteiger charge is 2.05.